The fourth-order valence-electron chi connectivity index (χ4n) is 6.48. The smallest absolute Gasteiger partial charge is 0.408 e. The lowest BCUT2D eigenvalue weighted by atomic mass is 9.97. The van der Waals surface area contributed by atoms with Gasteiger partial charge in [0.2, 0.25) is 21.8 Å². The van der Waals surface area contributed by atoms with Crippen LogP contribution >= 0.6 is 0 Å². The summed E-state index contributed by atoms with van der Waals surface area (Å²) in [6, 6.07) is 6.84. The van der Waals surface area contributed by atoms with Crippen LogP contribution in [0.5, 0.6) is 0 Å². The average molecular weight is 717 g/mol. The second-order valence-corrected chi connectivity index (χ2v) is 16.4. The van der Waals surface area contributed by atoms with Crippen molar-refractivity contribution in [3.8, 4) is 0 Å². The summed E-state index contributed by atoms with van der Waals surface area (Å²) in [5.41, 5.74) is -1.64. The summed E-state index contributed by atoms with van der Waals surface area (Å²) in [5.74, 6) is -3.75. The summed E-state index contributed by atoms with van der Waals surface area (Å²) < 4.78 is 44.7. The fraction of sp³-hybridized carbons (Fsp3) is 0.629. The van der Waals surface area contributed by atoms with E-state index in [4.69, 9.17) is 14.2 Å². The molecule has 1 aromatic rings. The summed E-state index contributed by atoms with van der Waals surface area (Å²) in [5, 5.41) is 4.76. The third-order valence-electron chi connectivity index (χ3n) is 9.34. The number of sulfonamides is 1. The Balaban J connectivity index is 1.42. The third-order valence-corrected chi connectivity index (χ3v) is 11.2. The maximum atomic E-state index is 14.3. The molecule has 4 amide bonds. The van der Waals surface area contributed by atoms with Gasteiger partial charge in [-0.2, -0.15) is 0 Å². The molecule has 1 saturated heterocycles. The van der Waals surface area contributed by atoms with Crippen LogP contribution < -0.4 is 15.4 Å². The summed E-state index contributed by atoms with van der Waals surface area (Å²) in [6.45, 7) is 7.23. The van der Waals surface area contributed by atoms with Crippen molar-refractivity contribution in [2.24, 2.45) is 5.92 Å². The molecule has 2 saturated carbocycles. The van der Waals surface area contributed by atoms with Gasteiger partial charge in [-0.1, -0.05) is 49.4 Å². The number of alkyl carbamates (subject to hydrolysis) is 1. The first-order chi connectivity index (χ1) is 23.6. The third kappa shape index (κ3) is 9.02. The van der Waals surface area contributed by atoms with E-state index in [0.29, 0.717) is 25.7 Å². The van der Waals surface area contributed by atoms with E-state index >= 15 is 0 Å². The molecule has 2 aliphatic heterocycles. The fourth-order valence-corrected chi connectivity index (χ4v) is 7.84. The average Bonchev–Trinajstić information content (AvgIpc) is 3.96. The van der Waals surface area contributed by atoms with Crippen LogP contribution in [0.2, 0.25) is 0 Å². The van der Waals surface area contributed by atoms with Crippen LogP contribution in [0.4, 0.5) is 4.79 Å². The lowest BCUT2D eigenvalue weighted by Gasteiger charge is -2.30. The van der Waals surface area contributed by atoms with Gasteiger partial charge in [-0.15, -0.1) is 0 Å². The maximum absolute atomic E-state index is 14.3. The first kappa shape index (κ1) is 37.3. The summed E-state index contributed by atoms with van der Waals surface area (Å²) in [7, 11) is -3.92. The molecule has 3 N–H and O–H groups in total. The van der Waals surface area contributed by atoms with Crippen molar-refractivity contribution in [1.82, 2.24) is 20.3 Å². The van der Waals surface area contributed by atoms with E-state index in [1.54, 1.807) is 32.9 Å². The van der Waals surface area contributed by atoms with E-state index in [0.717, 1.165) is 5.56 Å². The number of carbonyl (C=O) groups is 5. The second kappa shape index (κ2) is 15.1. The molecule has 50 heavy (non-hydrogen) atoms. The minimum absolute atomic E-state index is 0.0740. The van der Waals surface area contributed by atoms with Crippen LogP contribution in [-0.2, 0) is 43.4 Å². The number of rotatable bonds is 8. The first-order valence-corrected chi connectivity index (χ1v) is 18.9. The molecule has 2 aliphatic carbocycles. The highest BCUT2D eigenvalue weighted by Gasteiger charge is 2.62. The molecule has 4 aliphatic rings. The zero-order valence-corrected chi connectivity index (χ0v) is 29.8. The van der Waals surface area contributed by atoms with E-state index in [2.05, 4.69) is 15.4 Å². The summed E-state index contributed by atoms with van der Waals surface area (Å²) in [4.78, 5) is 69.5. The zero-order valence-electron chi connectivity index (χ0n) is 29.0. The molecule has 0 aromatic heterocycles. The Morgan fingerprint density at radius 1 is 1.12 bits per heavy atom. The molecule has 2 heterocycles. The largest absolute Gasteiger partial charge is 0.460 e. The molecule has 1 aromatic carbocycles. The van der Waals surface area contributed by atoms with Crippen LogP contribution in [-0.4, -0.2) is 97.4 Å². The molecular formula is C35H48N4O10S. The molecule has 14 nitrogen and oxygen atoms in total. The molecule has 3 fully saturated rings. The van der Waals surface area contributed by atoms with Crippen LogP contribution in [0, 0.1) is 5.92 Å². The molecule has 6 unspecified atom stereocenters. The number of hydrogen-bond acceptors (Lipinski definition) is 10. The SMILES string of the molecule is CCC(C(=O)OC1CC2C(=O)NC3(C(=O)NS(=O)(=O)C4CC4)CC3/C=C\COCCCC(NC(=O)OC(C)(C)C)C(=O)N2C1)c1ccccc1. The number of amides is 4. The van der Waals surface area contributed by atoms with Crippen molar-refractivity contribution in [1.29, 1.82) is 0 Å². The van der Waals surface area contributed by atoms with Crippen LogP contribution in [0.15, 0.2) is 42.5 Å². The van der Waals surface area contributed by atoms with E-state index in [1.807, 2.05) is 37.3 Å². The Bertz CT molecular complexity index is 1590. The van der Waals surface area contributed by atoms with Crippen molar-refractivity contribution in [3.63, 3.8) is 0 Å². The normalized spacial score (nSPS) is 28.8. The number of ether oxygens (including phenoxy) is 3. The van der Waals surface area contributed by atoms with E-state index < -0.39 is 86.2 Å². The molecule has 0 radical (unpaired) electrons. The quantitative estimate of drug-likeness (QED) is 0.267. The Morgan fingerprint density at radius 3 is 2.50 bits per heavy atom. The monoisotopic (exact) mass is 716 g/mol. The van der Waals surface area contributed by atoms with Gasteiger partial charge in [-0.05, 0) is 64.9 Å². The predicted molar refractivity (Wildman–Crippen MR) is 181 cm³/mol. The van der Waals surface area contributed by atoms with Gasteiger partial charge in [0.05, 0.1) is 24.3 Å². The van der Waals surface area contributed by atoms with Gasteiger partial charge in [-0.3, -0.25) is 23.9 Å². The number of fused-ring (bicyclic) bond motifs is 2. The zero-order chi connectivity index (χ0) is 36.3. The highest BCUT2D eigenvalue weighted by molar-refractivity contribution is 7.91. The van der Waals surface area contributed by atoms with Gasteiger partial charge in [0.15, 0.2) is 0 Å². The predicted octanol–water partition coefficient (Wildman–Crippen LogP) is 2.44. The first-order valence-electron chi connectivity index (χ1n) is 17.3. The Morgan fingerprint density at radius 2 is 1.84 bits per heavy atom. The number of nitrogens with zero attached hydrogens (tertiary/aromatic N) is 1. The van der Waals surface area contributed by atoms with Crippen LogP contribution in [0.1, 0.15) is 84.1 Å². The number of benzene rings is 1. The van der Waals surface area contributed by atoms with Gasteiger partial charge in [0, 0.05) is 18.9 Å². The van der Waals surface area contributed by atoms with Gasteiger partial charge < -0.3 is 29.7 Å². The molecule has 0 spiro atoms. The van der Waals surface area contributed by atoms with Crippen molar-refractivity contribution in [3.05, 3.63) is 48.0 Å². The molecule has 5 rings (SSSR count). The molecule has 15 heteroatoms. The Hall–Kier alpha value is -3.98. The van der Waals surface area contributed by atoms with Gasteiger partial charge >= 0.3 is 12.1 Å². The van der Waals surface area contributed by atoms with Crippen LogP contribution in [0.25, 0.3) is 0 Å². The standard InChI is InChI=1S/C35H48N4O10S/c1-5-26(22-11-7-6-8-12-22)31(42)48-24-19-28-29(40)37-35(32(43)38-50(45,46)25-15-16-25)20-23(35)13-9-17-47-18-10-14-27(30(41)39(28)21-24)36-33(44)49-34(2,3)4/h6-9,11-13,23-28H,5,10,14-21H2,1-4H3,(H,36,44)(H,37,40)(H,38,43)/b13-9-. The lowest BCUT2D eigenvalue weighted by molar-refractivity contribution is -0.151. The van der Waals surface area contributed by atoms with Gasteiger partial charge in [0.1, 0.15) is 29.3 Å². The topological polar surface area (TPSA) is 187 Å². The minimum atomic E-state index is -3.92. The summed E-state index contributed by atoms with van der Waals surface area (Å²) >= 11 is 0. The van der Waals surface area contributed by atoms with E-state index in [-0.39, 0.29) is 39.0 Å². The Labute approximate surface area is 293 Å². The number of hydrogen-bond donors (Lipinski definition) is 3. The van der Waals surface area contributed by atoms with Crippen molar-refractivity contribution in [2.45, 2.75) is 113 Å². The number of nitrogens with one attached hydrogen (secondary N) is 3. The highest BCUT2D eigenvalue weighted by Crippen LogP contribution is 2.46. The summed E-state index contributed by atoms with van der Waals surface area (Å²) in [6.07, 6.45) is 3.69. The van der Waals surface area contributed by atoms with Gasteiger partial charge in [0.25, 0.3) is 5.91 Å². The molecule has 0 bridgehead atoms. The van der Waals surface area contributed by atoms with Gasteiger partial charge in [-0.25, -0.2) is 13.2 Å². The van der Waals surface area contributed by atoms with Crippen LogP contribution in [0.3, 0.4) is 0 Å². The van der Waals surface area contributed by atoms with E-state index in [9.17, 15) is 32.4 Å². The number of esters is 1. The molecule has 274 valence electrons. The van der Waals surface area contributed by atoms with Crippen molar-refractivity contribution >= 4 is 39.8 Å². The van der Waals surface area contributed by atoms with Crippen molar-refractivity contribution < 1.29 is 46.6 Å². The molecular weight excluding hydrogens is 668 g/mol. The van der Waals surface area contributed by atoms with E-state index in [1.165, 1.54) is 4.90 Å². The highest BCUT2D eigenvalue weighted by atomic mass is 32.2. The number of carbonyl (C=O) groups excluding carboxylic acids is 5. The van der Waals surface area contributed by atoms with Crippen molar-refractivity contribution in [2.75, 3.05) is 19.8 Å². The minimum Gasteiger partial charge on any atom is -0.460 e. The Kier molecular flexibility index (Phi) is 11.3. The maximum Gasteiger partial charge on any atom is 0.408 e. The second-order valence-electron chi connectivity index (χ2n) is 14.5. The molecule has 6 atom stereocenters. The lowest BCUT2D eigenvalue weighted by Crippen LogP contribution is -2.58.